The number of rotatable bonds is 5. The number of hydrogen-bond donors (Lipinski definition) is 1. The van der Waals surface area contributed by atoms with Crippen molar-refractivity contribution in [1.29, 1.82) is 0 Å². The maximum Gasteiger partial charge on any atom is 0.417 e. The van der Waals surface area contributed by atoms with Gasteiger partial charge in [-0.05, 0) is 37.6 Å². The molecule has 3 aromatic rings. The van der Waals surface area contributed by atoms with Gasteiger partial charge in [0.05, 0.1) is 11.3 Å². The molecule has 3 rings (SSSR count). The highest BCUT2D eigenvalue weighted by Crippen LogP contribution is 2.30. The molecule has 28 heavy (non-hydrogen) atoms. The number of pyridine rings is 1. The smallest absolute Gasteiger partial charge is 0.417 e. The van der Waals surface area contributed by atoms with E-state index in [1.54, 1.807) is 19.1 Å². The van der Waals surface area contributed by atoms with Crippen LogP contribution in [0.15, 0.2) is 48.9 Å². The summed E-state index contributed by atoms with van der Waals surface area (Å²) in [4.78, 5) is 11.8. The number of aryl methyl sites for hydroxylation is 1. The molecule has 0 fully saturated rings. The van der Waals surface area contributed by atoms with Crippen LogP contribution in [0.2, 0.25) is 5.02 Å². The average Bonchev–Trinajstić information content (AvgIpc) is 2.66. The zero-order valence-corrected chi connectivity index (χ0v) is 15.7. The Morgan fingerprint density at radius 2 is 1.75 bits per heavy atom. The van der Waals surface area contributed by atoms with Gasteiger partial charge in [0.15, 0.2) is 0 Å². The summed E-state index contributed by atoms with van der Waals surface area (Å²) in [6.07, 6.45) is -2.26. The number of anilines is 1. The normalized spacial score (nSPS) is 12.5. The summed E-state index contributed by atoms with van der Waals surface area (Å²) in [6, 6.07) is 9.10. The predicted molar refractivity (Wildman–Crippen MR) is 99.6 cm³/mol. The fourth-order valence-electron chi connectivity index (χ4n) is 2.40. The van der Waals surface area contributed by atoms with Crippen molar-refractivity contribution in [1.82, 2.24) is 15.0 Å². The second-order valence-corrected chi connectivity index (χ2v) is 6.42. The molecule has 0 spiro atoms. The summed E-state index contributed by atoms with van der Waals surface area (Å²) in [5, 5.41) is 3.67. The van der Waals surface area contributed by atoms with Crippen LogP contribution in [-0.2, 0) is 6.18 Å². The highest BCUT2D eigenvalue weighted by Gasteiger charge is 2.30. The molecule has 5 nitrogen and oxygen atoms in total. The maximum atomic E-state index is 12.6. The van der Waals surface area contributed by atoms with E-state index in [9.17, 15) is 13.2 Å². The van der Waals surface area contributed by atoms with Crippen molar-refractivity contribution in [3.63, 3.8) is 0 Å². The topological polar surface area (TPSA) is 59.9 Å². The number of hydrogen-bond acceptors (Lipinski definition) is 5. The highest BCUT2D eigenvalue weighted by atomic mass is 35.5. The number of benzene rings is 1. The molecule has 0 radical (unpaired) electrons. The second-order valence-electron chi connectivity index (χ2n) is 6.04. The lowest BCUT2D eigenvalue weighted by atomic mass is 10.1. The zero-order chi connectivity index (χ0) is 20.3. The van der Waals surface area contributed by atoms with Gasteiger partial charge in [-0.1, -0.05) is 23.7 Å². The molecule has 9 heteroatoms. The molecule has 146 valence electrons. The predicted octanol–water partition coefficient (Wildman–Crippen LogP) is 5.82. The minimum absolute atomic E-state index is 0.0789. The first kappa shape index (κ1) is 19.9. The Labute approximate surface area is 164 Å². The Bertz CT molecular complexity index is 947. The van der Waals surface area contributed by atoms with Gasteiger partial charge in [0.1, 0.15) is 22.9 Å². The third kappa shape index (κ3) is 4.69. The Balaban J connectivity index is 1.67. The highest BCUT2D eigenvalue weighted by molar-refractivity contribution is 6.33. The minimum Gasteiger partial charge on any atom is -0.439 e. The molecule has 0 aliphatic carbocycles. The molecule has 0 amide bonds. The molecular weight excluding hydrogens is 393 g/mol. The number of aromatic nitrogens is 3. The van der Waals surface area contributed by atoms with Crippen molar-refractivity contribution in [2.24, 2.45) is 0 Å². The molecule has 0 saturated heterocycles. The Kier molecular flexibility index (Phi) is 5.69. The van der Waals surface area contributed by atoms with Crippen LogP contribution < -0.4 is 10.1 Å². The Hall–Kier alpha value is -2.87. The summed E-state index contributed by atoms with van der Waals surface area (Å²) in [6.45, 7) is 3.74. The summed E-state index contributed by atoms with van der Waals surface area (Å²) in [5.74, 6) is 1.07. The van der Waals surface area contributed by atoms with Crippen LogP contribution in [-0.4, -0.2) is 15.0 Å². The van der Waals surface area contributed by atoms with Crippen LogP contribution in [0.5, 0.6) is 11.6 Å². The molecule has 0 aliphatic heterocycles. The number of ether oxygens (including phenoxy) is 1. The van der Waals surface area contributed by atoms with Gasteiger partial charge in [0.2, 0.25) is 5.88 Å². The lowest BCUT2D eigenvalue weighted by Gasteiger charge is -2.16. The summed E-state index contributed by atoms with van der Waals surface area (Å²) in [5.41, 5.74) is 0.799. The van der Waals surface area contributed by atoms with Crippen LogP contribution in [0, 0.1) is 6.92 Å². The molecule has 1 aromatic carbocycles. The van der Waals surface area contributed by atoms with E-state index in [1.165, 1.54) is 12.4 Å². The van der Waals surface area contributed by atoms with Crippen LogP contribution >= 0.6 is 11.6 Å². The van der Waals surface area contributed by atoms with E-state index in [2.05, 4.69) is 20.3 Å². The first-order valence-corrected chi connectivity index (χ1v) is 8.66. The summed E-state index contributed by atoms with van der Waals surface area (Å²) < 4.78 is 43.2. The number of nitrogens with zero attached hydrogens (tertiary/aromatic N) is 3. The molecule has 0 saturated carbocycles. The van der Waals surface area contributed by atoms with E-state index >= 15 is 0 Å². The molecule has 1 atom stereocenters. The molecule has 0 bridgehead atoms. The van der Waals surface area contributed by atoms with Crippen LogP contribution in [0.1, 0.15) is 29.8 Å². The van der Waals surface area contributed by atoms with Gasteiger partial charge in [-0.25, -0.2) is 15.0 Å². The fourth-order valence-corrected chi connectivity index (χ4v) is 2.55. The van der Waals surface area contributed by atoms with E-state index in [0.29, 0.717) is 22.3 Å². The lowest BCUT2D eigenvalue weighted by Crippen LogP contribution is -2.09. The standard InChI is InChI=1S/C19H16ClF3N4O/c1-11(27-18-17(20)12(2)25-10-26-18)13-3-6-15(7-4-13)28-16-8-5-14(9-24-16)19(21,22)23/h3-11H,1-2H3,(H,25,26,27). The number of alkyl halides is 3. The van der Waals surface area contributed by atoms with Crippen LogP contribution in [0.25, 0.3) is 0 Å². The van der Waals surface area contributed by atoms with E-state index in [-0.39, 0.29) is 11.9 Å². The van der Waals surface area contributed by atoms with Gasteiger partial charge < -0.3 is 10.1 Å². The average molecular weight is 409 g/mol. The number of nitrogens with one attached hydrogen (secondary N) is 1. The molecule has 1 N–H and O–H groups in total. The van der Waals surface area contributed by atoms with Crippen molar-refractivity contribution in [3.8, 4) is 11.6 Å². The molecule has 1 unspecified atom stereocenters. The molecular formula is C19H16ClF3N4O. The Morgan fingerprint density at radius 1 is 1.04 bits per heavy atom. The molecule has 2 aromatic heterocycles. The van der Waals surface area contributed by atoms with E-state index in [1.807, 2.05) is 19.1 Å². The summed E-state index contributed by atoms with van der Waals surface area (Å²) in [7, 11) is 0. The van der Waals surface area contributed by atoms with E-state index in [4.69, 9.17) is 16.3 Å². The zero-order valence-electron chi connectivity index (χ0n) is 15.0. The summed E-state index contributed by atoms with van der Waals surface area (Å²) >= 11 is 6.19. The van der Waals surface area contributed by atoms with Crippen molar-refractivity contribution < 1.29 is 17.9 Å². The maximum absolute atomic E-state index is 12.6. The van der Waals surface area contributed by atoms with Crippen molar-refractivity contribution in [2.45, 2.75) is 26.1 Å². The Morgan fingerprint density at radius 3 is 2.36 bits per heavy atom. The van der Waals surface area contributed by atoms with E-state index in [0.717, 1.165) is 17.8 Å². The van der Waals surface area contributed by atoms with Gasteiger partial charge in [-0.3, -0.25) is 0 Å². The third-order valence-corrected chi connectivity index (χ3v) is 4.44. The van der Waals surface area contributed by atoms with Crippen LogP contribution in [0.4, 0.5) is 19.0 Å². The molecule has 2 heterocycles. The third-order valence-electron chi connectivity index (χ3n) is 3.98. The second kappa shape index (κ2) is 8.02. The van der Waals surface area contributed by atoms with Gasteiger partial charge in [0, 0.05) is 18.3 Å². The lowest BCUT2D eigenvalue weighted by molar-refractivity contribution is -0.137. The monoisotopic (exact) mass is 408 g/mol. The fraction of sp³-hybridized carbons (Fsp3) is 0.211. The first-order valence-electron chi connectivity index (χ1n) is 8.29. The largest absolute Gasteiger partial charge is 0.439 e. The van der Waals surface area contributed by atoms with Gasteiger partial charge in [0.25, 0.3) is 0 Å². The van der Waals surface area contributed by atoms with Gasteiger partial charge in [-0.15, -0.1) is 0 Å². The minimum atomic E-state index is -4.43. The van der Waals surface area contributed by atoms with Crippen molar-refractivity contribution in [2.75, 3.05) is 5.32 Å². The van der Waals surface area contributed by atoms with Gasteiger partial charge in [-0.2, -0.15) is 13.2 Å². The van der Waals surface area contributed by atoms with E-state index < -0.39 is 11.7 Å². The SMILES string of the molecule is Cc1ncnc(NC(C)c2ccc(Oc3ccc(C(F)(F)F)cn3)cc2)c1Cl. The quantitative estimate of drug-likeness (QED) is 0.576. The van der Waals surface area contributed by atoms with Gasteiger partial charge >= 0.3 is 6.18 Å². The van der Waals surface area contributed by atoms with Crippen molar-refractivity contribution in [3.05, 3.63) is 70.8 Å². The first-order chi connectivity index (χ1) is 13.2. The number of halogens is 4. The van der Waals surface area contributed by atoms with Crippen LogP contribution in [0.3, 0.4) is 0 Å². The molecule has 0 aliphatic rings. The van der Waals surface area contributed by atoms with Crippen molar-refractivity contribution >= 4 is 17.4 Å².